The molecule has 218 valence electrons. The minimum atomic E-state index is -0.628. The first-order chi connectivity index (χ1) is 19.9. The van der Waals surface area contributed by atoms with Crippen LogP contribution in [-0.2, 0) is 0 Å². The summed E-state index contributed by atoms with van der Waals surface area (Å²) >= 11 is 0. The first-order valence-electron chi connectivity index (χ1n) is 14.6. The second kappa shape index (κ2) is 13.3. The lowest BCUT2D eigenvalue weighted by Crippen LogP contribution is -2.52. The van der Waals surface area contributed by atoms with Crippen LogP contribution in [0.3, 0.4) is 0 Å². The van der Waals surface area contributed by atoms with Crippen LogP contribution in [0.5, 0.6) is 0 Å². The number of hydrogen-bond donors (Lipinski definition) is 3. The molecule has 0 saturated carbocycles. The number of piperazine rings is 1. The first-order valence-corrected chi connectivity index (χ1v) is 14.6. The number of aromatic nitrogens is 2. The van der Waals surface area contributed by atoms with Crippen LogP contribution >= 0.6 is 0 Å². The fourth-order valence-corrected chi connectivity index (χ4v) is 5.58. The van der Waals surface area contributed by atoms with Gasteiger partial charge >= 0.3 is 0 Å². The Morgan fingerprint density at radius 1 is 0.927 bits per heavy atom. The zero-order valence-electron chi connectivity index (χ0n) is 24.5. The second-order valence-electron chi connectivity index (χ2n) is 11.3. The van der Waals surface area contributed by atoms with Gasteiger partial charge in [-0.1, -0.05) is 30.3 Å². The molecule has 2 fully saturated rings. The topological polar surface area (TPSA) is 106 Å². The van der Waals surface area contributed by atoms with E-state index < -0.39 is 5.91 Å². The molecule has 4 N–H and O–H groups in total. The van der Waals surface area contributed by atoms with E-state index in [0.29, 0.717) is 29.9 Å². The van der Waals surface area contributed by atoms with Crippen molar-refractivity contribution in [3.63, 3.8) is 0 Å². The third-order valence-corrected chi connectivity index (χ3v) is 8.04. The summed E-state index contributed by atoms with van der Waals surface area (Å²) in [6, 6.07) is 18.7. The third-order valence-electron chi connectivity index (χ3n) is 8.04. The number of rotatable bonds is 10. The molecule has 3 aromatic rings. The molecule has 41 heavy (non-hydrogen) atoms. The standard InChI is InChI=1S/C31H43N9O/c1-37(2)18-15-33-30-27(23-7-5-4-6-8-23)35-28(29(32)41)31(36-30)34-24-9-11-25(12-10-24)39-16-13-26(14-17-39)40-21-19-38(3)20-22-40/h4-12,26H,13-22H2,1-3H3,(H2,32,41)(H2,33,34,36). The molecule has 0 bridgehead atoms. The maximum atomic E-state index is 12.5. The van der Waals surface area contributed by atoms with Gasteiger partial charge < -0.3 is 31.1 Å². The van der Waals surface area contributed by atoms with E-state index in [1.54, 1.807) is 0 Å². The zero-order valence-corrected chi connectivity index (χ0v) is 24.5. The quantitative estimate of drug-likeness (QED) is 0.347. The molecule has 0 atom stereocenters. The van der Waals surface area contributed by atoms with Crippen LogP contribution in [0.2, 0.25) is 0 Å². The molecule has 0 unspecified atom stereocenters. The number of hydrogen-bond acceptors (Lipinski definition) is 9. The van der Waals surface area contributed by atoms with Gasteiger partial charge in [-0.2, -0.15) is 0 Å². The van der Waals surface area contributed by atoms with Gasteiger partial charge in [0.15, 0.2) is 17.3 Å². The Balaban J connectivity index is 1.30. The minimum absolute atomic E-state index is 0.108. The molecular weight excluding hydrogens is 514 g/mol. The average Bonchev–Trinajstić information content (AvgIpc) is 2.98. The Hall–Kier alpha value is -3.73. The lowest BCUT2D eigenvalue weighted by Gasteiger charge is -2.42. The van der Waals surface area contributed by atoms with Crippen LogP contribution in [0, 0.1) is 0 Å². The average molecular weight is 558 g/mol. The molecule has 5 rings (SSSR count). The van der Waals surface area contributed by atoms with E-state index in [-0.39, 0.29) is 5.69 Å². The summed E-state index contributed by atoms with van der Waals surface area (Å²) in [6.45, 7) is 8.31. The number of carbonyl (C=O) groups excluding carboxylic acids is 1. The number of primary amides is 1. The Bertz CT molecular complexity index is 1280. The largest absolute Gasteiger partial charge is 0.371 e. The molecule has 10 heteroatoms. The summed E-state index contributed by atoms with van der Waals surface area (Å²) in [5.41, 5.74) is 9.38. The fraction of sp³-hybridized carbons (Fsp3) is 0.452. The lowest BCUT2D eigenvalue weighted by molar-refractivity contribution is 0.0982. The van der Waals surface area contributed by atoms with Crippen molar-refractivity contribution >= 4 is 28.9 Å². The normalized spacial score (nSPS) is 17.1. The fourth-order valence-electron chi connectivity index (χ4n) is 5.58. The molecule has 1 aromatic heterocycles. The Morgan fingerprint density at radius 2 is 1.61 bits per heavy atom. The predicted molar refractivity (Wildman–Crippen MR) is 167 cm³/mol. The second-order valence-corrected chi connectivity index (χ2v) is 11.3. The van der Waals surface area contributed by atoms with Crippen molar-refractivity contribution in [1.82, 2.24) is 24.7 Å². The maximum Gasteiger partial charge on any atom is 0.271 e. The Labute approximate surface area is 243 Å². The van der Waals surface area contributed by atoms with Crippen LogP contribution in [0.15, 0.2) is 54.6 Å². The SMILES string of the molecule is CN(C)CCNc1nc(Nc2ccc(N3CCC(N4CCN(C)CC4)CC3)cc2)c(C(N)=O)nc1-c1ccccc1. The Morgan fingerprint density at radius 3 is 2.24 bits per heavy atom. The summed E-state index contributed by atoms with van der Waals surface area (Å²) in [7, 11) is 6.25. The molecule has 2 aromatic carbocycles. The van der Waals surface area contributed by atoms with Gasteiger partial charge in [0.1, 0.15) is 5.69 Å². The van der Waals surface area contributed by atoms with Crippen molar-refractivity contribution in [2.75, 3.05) is 89.0 Å². The number of carbonyl (C=O) groups is 1. The van der Waals surface area contributed by atoms with Gasteiger partial charge in [-0.25, -0.2) is 9.97 Å². The molecule has 10 nitrogen and oxygen atoms in total. The molecule has 2 aliphatic heterocycles. The predicted octanol–water partition coefficient (Wildman–Crippen LogP) is 3.18. The maximum absolute atomic E-state index is 12.5. The molecule has 2 aliphatic rings. The van der Waals surface area contributed by atoms with Gasteiger partial charge in [0.25, 0.3) is 5.91 Å². The first kappa shape index (κ1) is 28.8. The molecule has 3 heterocycles. The van der Waals surface area contributed by atoms with Gasteiger partial charge in [-0.15, -0.1) is 0 Å². The molecule has 0 spiro atoms. The third kappa shape index (κ3) is 7.32. The molecule has 1 amide bonds. The van der Waals surface area contributed by atoms with E-state index in [0.717, 1.165) is 30.9 Å². The number of amides is 1. The number of anilines is 4. The van der Waals surface area contributed by atoms with Gasteiger partial charge in [-0.3, -0.25) is 9.69 Å². The van der Waals surface area contributed by atoms with Gasteiger partial charge in [0.05, 0.1) is 0 Å². The molecule has 0 aliphatic carbocycles. The van der Waals surface area contributed by atoms with Crippen molar-refractivity contribution < 1.29 is 4.79 Å². The number of nitrogens with one attached hydrogen (secondary N) is 2. The molecule has 2 saturated heterocycles. The highest BCUT2D eigenvalue weighted by molar-refractivity contribution is 5.97. The number of nitrogens with two attached hydrogens (primary N) is 1. The van der Waals surface area contributed by atoms with Crippen LogP contribution in [0.4, 0.5) is 23.0 Å². The summed E-state index contributed by atoms with van der Waals surface area (Å²) < 4.78 is 0. The Kier molecular flexibility index (Phi) is 9.33. The number of nitrogens with zero attached hydrogens (tertiary/aromatic N) is 6. The number of likely N-dealkylation sites (N-methyl/N-ethyl adjacent to an activating group) is 2. The van der Waals surface area contributed by atoms with E-state index in [2.05, 4.69) is 54.4 Å². The molecule has 0 radical (unpaired) electrons. The van der Waals surface area contributed by atoms with Gasteiger partial charge in [-0.05, 0) is 58.3 Å². The van der Waals surface area contributed by atoms with Gasteiger partial charge in [0, 0.05) is 75.3 Å². The van der Waals surface area contributed by atoms with Gasteiger partial charge in [0.2, 0.25) is 0 Å². The summed E-state index contributed by atoms with van der Waals surface area (Å²) in [5, 5.41) is 6.70. The lowest BCUT2D eigenvalue weighted by atomic mass is 10.0. The summed E-state index contributed by atoms with van der Waals surface area (Å²) in [6.07, 6.45) is 2.39. The smallest absolute Gasteiger partial charge is 0.271 e. The zero-order chi connectivity index (χ0) is 28.8. The highest BCUT2D eigenvalue weighted by atomic mass is 16.1. The summed E-state index contributed by atoms with van der Waals surface area (Å²) in [4.78, 5) is 31.6. The van der Waals surface area contributed by atoms with Crippen molar-refractivity contribution in [2.24, 2.45) is 5.73 Å². The van der Waals surface area contributed by atoms with Crippen molar-refractivity contribution in [1.29, 1.82) is 0 Å². The molecular formula is C31H43N9O. The van der Waals surface area contributed by atoms with Crippen molar-refractivity contribution in [2.45, 2.75) is 18.9 Å². The highest BCUT2D eigenvalue weighted by Crippen LogP contribution is 2.30. The van der Waals surface area contributed by atoms with Crippen molar-refractivity contribution in [3.8, 4) is 11.3 Å². The monoisotopic (exact) mass is 557 g/mol. The van der Waals surface area contributed by atoms with E-state index in [1.165, 1.54) is 44.7 Å². The van der Waals surface area contributed by atoms with E-state index in [1.807, 2.05) is 56.6 Å². The van der Waals surface area contributed by atoms with E-state index >= 15 is 0 Å². The van der Waals surface area contributed by atoms with Crippen LogP contribution in [-0.4, -0.2) is 110 Å². The highest BCUT2D eigenvalue weighted by Gasteiger charge is 2.27. The number of benzene rings is 2. The van der Waals surface area contributed by atoms with E-state index in [4.69, 9.17) is 10.7 Å². The van der Waals surface area contributed by atoms with Crippen LogP contribution < -0.4 is 21.3 Å². The van der Waals surface area contributed by atoms with Crippen LogP contribution in [0.25, 0.3) is 11.3 Å². The minimum Gasteiger partial charge on any atom is -0.371 e. The van der Waals surface area contributed by atoms with E-state index in [9.17, 15) is 4.79 Å². The summed E-state index contributed by atoms with van der Waals surface area (Å²) in [5.74, 6) is 0.313. The van der Waals surface area contributed by atoms with Crippen molar-refractivity contribution in [3.05, 3.63) is 60.3 Å². The number of piperidine rings is 1. The van der Waals surface area contributed by atoms with Crippen LogP contribution in [0.1, 0.15) is 23.3 Å².